The van der Waals surface area contributed by atoms with Crippen molar-refractivity contribution in [2.24, 2.45) is 17.8 Å². The van der Waals surface area contributed by atoms with E-state index >= 15 is 0 Å². The van der Waals surface area contributed by atoms with Crippen LogP contribution in [0.2, 0.25) is 0 Å². The maximum Gasteiger partial charge on any atom is 0.472 e. The van der Waals surface area contributed by atoms with Crippen molar-refractivity contribution < 1.29 is 80.2 Å². The summed E-state index contributed by atoms with van der Waals surface area (Å²) in [7, 11) is -9.90. The third kappa shape index (κ3) is 63.2. The van der Waals surface area contributed by atoms with Crippen molar-refractivity contribution in [3.05, 3.63) is 0 Å². The molecule has 6 atom stereocenters. The first-order valence-electron chi connectivity index (χ1n) is 36.4. The lowest BCUT2D eigenvalue weighted by Gasteiger charge is -2.21. The van der Waals surface area contributed by atoms with Crippen LogP contribution in [0.25, 0.3) is 0 Å². The summed E-state index contributed by atoms with van der Waals surface area (Å²) >= 11 is 0. The number of carbonyl (C=O) groups is 4. The van der Waals surface area contributed by atoms with Gasteiger partial charge in [0.1, 0.15) is 19.3 Å². The van der Waals surface area contributed by atoms with Gasteiger partial charge in [-0.25, -0.2) is 9.13 Å². The van der Waals surface area contributed by atoms with E-state index in [4.69, 9.17) is 37.0 Å². The molecule has 0 amide bonds. The third-order valence-corrected chi connectivity index (χ3v) is 18.4. The molecule has 0 aliphatic heterocycles. The van der Waals surface area contributed by atoms with E-state index in [0.29, 0.717) is 31.6 Å². The van der Waals surface area contributed by atoms with Crippen LogP contribution in [0.1, 0.15) is 350 Å². The molecule has 17 nitrogen and oxygen atoms in total. The van der Waals surface area contributed by atoms with Crippen molar-refractivity contribution in [2.75, 3.05) is 39.6 Å². The van der Waals surface area contributed by atoms with Gasteiger partial charge in [-0.2, -0.15) is 0 Å². The molecule has 0 radical (unpaired) electrons. The summed E-state index contributed by atoms with van der Waals surface area (Å²) in [6, 6.07) is 0. The molecule has 0 aromatic carbocycles. The highest BCUT2D eigenvalue weighted by atomic mass is 31.2. The van der Waals surface area contributed by atoms with Crippen LogP contribution < -0.4 is 0 Å². The van der Waals surface area contributed by atoms with Crippen molar-refractivity contribution in [1.82, 2.24) is 0 Å². The van der Waals surface area contributed by atoms with Crippen LogP contribution in [-0.2, 0) is 65.4 Å². The zero-order valence-electron chi connectivity index (χ0n) is 57.9. The van der Waals surface area contributed by atoms with Gasteiger partial charge in [0.15, 0.2) is 12.2 Å². The Labute approximate surface area is 543 Å². The normalized spacial score (nSPS) is 14.5. The average molecular weight is 1310 g/mol. The van der Waals surface area contributed by atoms with Crippen molar-refractivity contribution in [3.63, 3.8) is 0 Å². The van der Waals surface area contributed by atoms with Gasteiger partial charge in [-0.1, -0.05) is 299 Å². The topological polar surface area (TPSA) is 237 Å². The molecule has 0 fully saturated rings. The van der Waals surface area contributed by atoms with Gasteiger partial charge in [-0.05, 0) is 43.4 Å². The summed E-state index contributed by atoms with van der Waals surface area (Å²) in [5, 5.41) is 10.6. The van der Waals surface area contributed by atoms with Gasteiger partial charge >= 0.3 is 39.5 Å². The van der Waals surface area contributed by atoms with Crippen LogP contribution in [-0.4, -0.2) is 96.7 Å². The van der Waals surface area contributed by atoms with Gasteiger partial charge in [0.2, 0.25) is 0 Å². The first kappa shape index (κ1) is 87.1. The minimum Gasteiger partial charge on any atom is -0.462 e. The smallest absolute Gasteiger partial charge is 0.462 e. The lowest BCUT2D eigenvalue weighted by Crippen LogP contribution is -2.30. The summed E-state index contributed by atoms with van der Waals surface area (Å²) in [5.74, 6) is 0.146. The first-order chi connectivity index (χ1) is 42.8. The van der Waals surface area contributed by atoms with Crippen LogP contribution in [0, 0.1) is 17.8 Å². The Balaban J connectivity index is 5.22. The molecule has 0 rings (SSSR count). The van der Waals surface area contributed by atoms with E-state index < -0.39 is 97.5 Å². The van der Waals surface area contributed by atoms with Gasteiger partial charge in [0.05, 0.1) is 26.4 Å². The van der Waals surface area contributed by atoms with Crippen LogP contribution in [0.15, 0.2) is 0 Å². The van der Waals surface area contributed by atoms with Gasteiger partial charge in [-0.3, -0.25) is 37.3 Å². The second-order valence-corrected chi connectivity index (χ2v) is 29.4. The molecular formula is C70H136O17P2. The SMILES string of the molecule is CCCCCCCCCCCC(=O)OC[C@H](COP(=O)(O)OC[C@H](O)COP(=O)(O)OC[C@@H](COC(=O)CCCCCCCCCCC(C)CC)OC(=O)CCCCCCCCCCCCCCCCCC(C)C)OC(=O)CCCCCCCCCC(C)C. The number of aliphatic hydroxyl groups is 1. The number of aliphatic hydroxyl groups excluding tert-OH is 1. The molecule has 89 heavy (non-hydrogen) atoms. The fourth-order valence-electron chi connectivity index (χ4n) is 10.5. The maximum atomic E-state index is 13.0. The highest BCUT2D eigenvalue weighted by Gasteiger charge is 2.30. The predicted octanol–water partition coefficient (Wildman–Crippen LogP) is 19.8. The number of phosphoric ester groups is 2. The Morgan fingerprint density at radius 3 is 0.854 bits per heavy atom. The Hall–Kier alpha value is -1.94. The van der Waals surface area contributed by atoms with Gasteiger partial charge < -0.3 is 33.8 Å². The zero-order chi connectivity index (χ0) is 65.9. The van der Waals surface area contributed by atoms with E-state index in [1.165, 1.54) is 161 Å². The molecule has 0 saturated heterocycles. The quantitative estimate of drug-likeness (QED) is 0.0222. The number of carbonyl (C=O) groups excluding carboxylic acids is 4. The summed E-state index contributed by atoms with van der Waals surface area (Å²) in [4.78, 5) is 72.4. The van der Waals surface area contributed by atoms with E-state index in [1.54, 1.807) is 0 Å². The Kier molecular flexibility index (Phi) is 59.6. The molecule has 0 saturated carbocycles. The molecule has 0 aliphatic rings. The summed E-state index contributed by atoms with van der Waals surface area (Å²) in [6.45, 7) is 11.8. The lowest BCUT2D eigenvalue weighted by atomic mass is 9.99. The average Bonchev–Trinajstić information content (AvgIpc) is 3.71. The van der Waals surface area contributed by atoms with Gasteiger partial charge in [0.25, 0.3) is 0 Å². The van der Waals surface area contributed by atoms with E-state index in [2.05, 4.69) is 48.5 Å². The Bertz CT molecular complexity index is 1750. The van der Waals surface area contributed by atoms with Crippen molar-refractivity contribution in [1.29, 1.82) is 0 Å². The van der Waals surface area contributed by atoms with E-state index in [0.717, 1.165) is 102 Å². The molecule has 528 valence electrons. The third-order valence-electron chi connectivity index (χ3n) is 16.5. The van der Waals surface area contributed by atoms with Crippen LogP contribution >= 0.6 is 15.6 Å². The second-order valence-electron chi connectivity index (χ2n) is 26.5. The van der Waals surface area contributed by atoms with Crippen molar-refractivity contribution in [3.8, 4) is 0 Å². The van der Waals surface area contributed by atoms with E-state index in [1.807, 2.05) is 0 Å². The highest BCUT2D eigenvalue weighted by molar-refractivity contribution is 7.47. The predicted molar refractivity (Wildman–Crippen MR) is 358 cm³/mol. The number of rotatable bonds is 68. The Morgan fingerprint density at radius 2 is 0.573 bits per heavy atom. The monoisotopic (exact) mass is 1310 g/mol. The number of esters is 4. The molecule has 3 N–H and O–H groups in total. The fourth-order valence-corrected chi connectivity index (χ4v) is 12.1. The minimum absolute atomic E-state index is 0.103. The van der Waals surface area contributed by atoms with Crippen molar-refractivity contribution in [2.45, 2.75) is 369 Å². The molecular weight excluding hydrogens is 1170 g/mol. The summed E-state index contributed by atoms with van der Waals surface area (Å²) < 4.78 is 68.2. The largest absolute Gasteiger partial charge is 0.472 e. The first-order valence-corrected chi connectivity index (χ1v) is 39.4. The van der Waals surface area contributed by atoms with Crippen molar-refractivity contribution >= 4 is 39.5 Å². The van der Waals surface area contributed by atoms with Gasteiger partial charge in [-0.15, -0.1) is 0 Å². The lowest BCUT2D eigenvalue weighted by molar-refractivity contribution is -0.161. The molecule has 0 spiro atoms. The number of unbranched alkanes of at least 4 members (excludes halogenated alkanes) is 35. The Morgan fingerprint density at radius 1 is 0.326 bits per heavy atom. The molecule has 0 aliphatic carbocycles. The fraction of sp³-hybridized carbons (Fsp3) is 0.943. The number of phosphoric acid groups is 2. The molecule has 0 heterocycles. The van der Waals surface area contributed by atoms with Crippen LogP contribution in [0.4, 0.5) is 0 Å². The molecule has 0 aromatic heterocycles. The standard InChI is InChI=1S/C70H136O17P2/c1-8-10-11-12-13-21-30-37-44-51-67(72)80-58-66(87-70(75)54-47-40-33-26-28-35-42-49-62(5)6)60-85-89(78,79)83-56-64(71)55-82-88(76,77)84-59-65(57-81-68(73)52-45-38-31-25-24-29-36-43-50-63(7)9-2)86-69(74)53-46-39-32-23-20-18-16-14-15-17-19-22-27-34-41-48-61(3)4/h61-66,71H,8-60H2,1-7H3,(H,76,77)(H,78,79)/t63?,64-,65-,66-/m1/s1. The molecule has 0 bridgehead atoms. The number of ether oxygens (including phenoxy) is 4. The molecule has 19 heteroatoms. The number of hydrogen-bond acceptors (Lipinski definition) is 15. The molecule has 3 unspecified atom stereocenters. The van der Waals surface area contributed by atoms with Crippen LogP contribution in [0.5, 0.6) is 0 Å². The van der Waals surface area contributed by atoms with Gasteiger partial charge in [0, 0.05) is 25.7 Å². The molecule has 0 aromatic rings. The second kappa shape index (κ2) is 61.0. The van der Waals surface area contributed by atoms with E-state index in [9.17, 15) is 43.2 Å². The number of hydrogen-bond donors (Lipinski definition) is 3. The van der Waals surface area contributed by atoms with Crippen LogP contribution in [0.3, 0.4) is 0 Å². The summed E-state index contributed by atoms with van der Waals surface area (Å²) in [5.41, 5.74) is 0. The minimum atomic E-state index is -4.95. The highest BCUT2D eigenvalue weighted by Crippen LogP contribution is 2.45. The summed E-state index contributed by atoms with van der Waals surface area (Å²) in [6.07, 6.45) is 44.5. The zero-order valence-corrected chi connectivity index (χ0v) is 59.7. The maximum absolute atomic E-state index is 13.0. The van der Waals surface area contributed by atoms with E-state index in [-0.39, 0.29) is 25.7 Å².